The van der Waals surface area contributed by atoms with Crippen LogP contribution in [0.1, 0.15) is 24.7 Å². The Morgan fingerprint density at radius 1 is 1.33 bits per heavy atom. The van der Waals surface area contributed by atoms with Crippen molar-refractivity contribution in [1.29, 1.82) is 5.26 Å². The molecule has 2 rings (SSSR count). The van der Waals surface area contributed by atoms with Crippen LogP contribution in [-0.4, -0.2) is 9.55 Å². The van der Waals surface area contributed by atoms with E-state index >= 15 is 0 Å². The van der Waals surface area contributed by atoms with E-state index in [9.17, 15) is 0 Å². The summed E-state index contributed by atoms with van der Waals surface area (Å²) in [5.41, 5.74) is 1.67. The van der Waals surface area contributed by atoms with Gasteiger partial charge in [-0.3, -0.25) is 0 Å². The first-order valence-electron chi connectivity index (χ1n) is 6.07. The number of nitriles is 1. The molecule has 0 bridgehead atoms. The first-order valence-corrected chi connectivity index (χ1v) is 6.07. The molecule has 0 amide bonds. The Labute approximate surface area is 107 Å². The van der Waals surface area contributed by atoms with E-state index in [4.69, 9.17) is 5.26 Å². The molecule has 1 aromatic heterocycles. The highest BCUT2D eigenvalue weighted by Crippen LogP contribution is 2.10. The number of hydrogen-bond acceptors (Lipinski definition) is 3. The molecule has 2 aromatic rings. The zero-order valence-corrected chi connectivity index (χ0v) is 10.4. The van der Waals surface area contributed by atoms with Crippen molar-refractivity contribution in [3.63, 3.8) is 0 Å². The normalized spacial score (nSPS) is 10.0. The number of hydrogen-bond donors (Lipinski definition) is 1. The topological polar surface area (TPSA) is 53.6 Å². The number of imidazole rings is 1. The highest BCUT2D eigenvalue weighted by molar-refractivity contribution is 5.47. The molecular formula is C14H16N4. The molecule has 0 aliphatic carbocycles. The Bertz CT molecular complexity index is 534. The van der Waals surface area contributed by atoms with Gasteiger partial charge in [-0.2, -0.15) is 5.26 Å². The fourth-order valence-electron chi connectivity index (χ4n) is 1.80. The van der Waals surface area contributed by atoms with E-state index in [-0.39, 0.29) is 0 Å². The molecule has 1 heterocycles. The van der Waals surface area contributed by atoms with E-state index in [1.807, 2.05) is 24.5 Å². The van der Waals surface area contributed by atoms with E-state index in [2.05, 4.69) is 27.9 Å². The maximum absolute atomic E-state index is 8.72. The van der Waals surface area contributed by atoms with Crippen LogP contribution in [0.3, 0.4) is 0 Å². The zero-order valence-electron chi connectivity index (χ0n) is 10.4. The van der Waals surface area contributed by atoms with Crippen LogP contribution in [0.5, 0.6) is 0 Å². The minimum Gasteiger partial charge on any atom is -0.378 e. The van der Waals surface area contributed by atoms with Gasteiger partial charge in [0.25, 0.3) is 0 Å². The minimum absolute atomic E-state index is 0.674. The van der Waals surface area contributed by atoms with Gasteiger partial charge in [0, 0.05) is 24.6 Å². The summed E-state index contributed by atoms with van der Waals surface area (Å²) in [5, 5.41) is 12.0. The third-order valence-corrected chi connectivity index (χ3v) is 2.73. The first-order chi connectivity index (χ1) is 8.83. The van der Waals surface area contributed by atoms with Crippen LogP contribution in [0.4, 0.5) is 5.69 Å². The number of anilines is 1. The van der Waals surface area contributed by atoms with Crippen LogP contribution in [0.2, 0.25) is 0 Å². The van der Waals surface area contributed by atoms with Crippen molar-refractivity contribution in [2.24, 2.45) is 0 Å². The molecule has 4 nitrogen and oxygen atoms in total. The molecule has 0 spiro atoms. The summed E-state index contributed by atoms with van der Waals surface area (Å²) in [6.07, 6.45) is 4.92. The van der Waals surface area contributed by atoms with E-state index in [1.54, 1.807) is 12.1 Å². The Balaban J connectivity index is 1.98. The SMILES string of the molecule is CCCn1ccnc1CNc1ccc(C#N)cc1. The largest absolute Gasteiger partial charge is 0.378 e. The highest BCUT2D eigenvalue weighted by Gasteiger charge is 2.01. The summed E-state index contributed by atoms with van der Waals surface area (Å²) < 4.78 is 2.15. The summed E-state index contributed by atoms with van der Waals surface area (Å²) in [4.78, 5) is 4.33. The number of aromatic nitrogens is 2. The Kier molecular flexibility index (Phi) is 3.98. The predicted molar refractivity (Wildman–Crippen MR) is 71.0 cm³/mol. The second kappa shape index (κ2) is 5.87. The summed E-state index contributed by atoms with van der Waals surface area (Å²) >= 11 is 0. The molecule has 1 aromatic carbocycles. The number of benzene rings is 1. The van der Waals surface area contributed by atoms with Crippen molar-refractivity contribution >= 4 is 5.69 Å². The third-order valence-electron chi connectivity index (χ3n) is 2.73. The lowest BCUT2D eigenvalue weighted by molar-refractivity contribution is 0.644. The smallest absolute Gasteiger partial charge is 0.128 e. The number of aryl methyl sites for hydroxylation is 1. The Morgan fingerprint density at radius 2 is 2.11 bits per heavy atom. The first kappa shape index (κ1) is 12.2. The second-order valence-corrected chi connectivity index (χ2v) is 4.08. The van der Waals surface area contributed by atoms with Crippen molar-refractivity contribution in [1.82, 2.24) is 9.55 Å². The molecular weight excluding hydrogens is 224 g/mol. The van der Waals surface area contributed by atoms with Gasteiger partial charge in [0.1, 0.15) is 5.82 Å². The summed E-state index contributed by atoms with van der Waals surface area (Å²) in [7, 11) is 0. The summed E-state index contributed by atoms with van der Waals surface area (Å²) in [6.45, 7) is 3.83. The van der Waals surface area contributed by atoms with Gasteiger partial charge in [-0.25, -0.2) is 4.98 Å². The third kappa shape index (κ3) is 2.89. The average Bonchev–Trinajstić information content (AvgIpc) is 2.85. The number of nitrogens with zero attached hydrogens (tertiary/aromatic N) is 3. The maximum Gasteiger partial charge on any atom is 0.128 e. The highest BCUT2D eigenvalue weighted by atomic mass is 15.1. The van der Waals surface area contributed by atoms with Crippen molar-refractivity contribution in [3.8, 4) is 6.07 Å². The van der Waals surface area contributed by atoms with Gasteiger partial charge in [-0.1, -0.05) is 6.92 Å². The standard InChI is InChI=1S/C14H16N4/c1-2-8-18-9-7-16-14(18)11-17-13-5-3-12(10-15)4-6-13/h3-7,9,17H,2,8,11H2,1H3. The number of rotatable bonds is 5. The molecule has 0 aliphatic heterocycles. The molecule has 4 heteroatoms. The molecule has 0 aliphatic rings. The van der Waals surface area contributed by atoms with Gasteiger partial charge in [-0.05, 0) is 30.7 Å². The van der Waals surface area contributed by atoms with E-state index in [1.165, 1.54) is 0 Å². The molecule has 0 saturated carbocycles. The van der Waals surface area contributed by atoms with Gasteiger partial charge in [0.2, 0.25) is 0 Å². The molecule has 0 unspecified atom stereocenters. The van der Waals surface area contributed by atoms with Gasteiger partial charge in [0.05, 0.1) is 18.2 Å². The minimum atomic E-state index is 0.674. The lowest BCUT2D eigenvalue weighted by Gasteiger charge is -2.08. The molecule has 18 heavy (non-hydrogen) atoms. The zero-order chi connectivity index (χ0) is 12.8. The van der Waals surface area contributed by atoms with E-state index in [0.717, 1.165) is 24.5 Å². The molecule has 0 radical (unpaired) electrons. The molecule has 1 N–H and O–H groups in total. The van der Waals surface area contributed by atoms with Crippen LogP contribution >= 0.6 is 0 Å². The van der Waals surface area contributed by atoms with Gasteiger partial charge < -0.3 is 9.88 Å². The Hall–Kier alpha value is -2.28. The number of nitrogens with one attached hydrogen (secondary N) is 1. The van der Waals surface area contributed by atoms with E-state index in [0.29, 0.717) is 12.1 Å². The predicted octanol–water partition coefficient (Wildman–Crippen LogP) is 2.78. The summed E-state index contributed by atoms with van der Waals surface area (Å²) in [6, 6.07) is 9.54. The van der Waals surface area contributed by atoms with Crippen molar-refractivity contribution in [2.75, 3.05) is 5.32 Å². The second-order valence-electron chi connectivity index (χ2n) is 4.08. The van der Waals surface area contributed by atoms with Gasteiger partial charge >= 0.3 is 0 Å². The molecule has 92 valence electrons. The quantitative estimate of drug-likeness (QED) is 0.874. The average molecular weight is 240 g/mol. The van der Waals surface area contributed by atoms with Crippen molar-refractivity contribution in [3.05, 3.63) is 48.0 Å². The van der Waals surface area contributed by atoms with Crippen molar-refractivity contribution < 1.29 is 0 Å². The van der Waals surface area contributed by atoms with Gasteiger partial charge in [0.15, 0.2) is 0 Å². The van der Waals surface area contributed by atoms with Gasteiger partial charge in [-0.15, -0.1) is 0 Å². The van der Waals surface area contributed by atoms with Crippen LogP contribution in [0.15, 0.2) is 36.7 Å². The van der Waals surface area contributed by atoms with Crippen molar-refractivity contribution in [2.45, 2.75) is 26.4 Å². The van der Waals surface area contributed by atoms with Crippen LogP contribution in [0.25, 0.3) is 0 Å². The monoisotopic (exact) mass is 240 g/mol. The lowest BCUT2D eigenvalue weighted by atomic mass is 10.2. The fourth-order valence-corrected chi connectivity index (χ4v) is 1.80. The maximum atomic E-state index is 8.72. The summed E-state index contributed by atoms with van der Waals surface area (Å²) in [5.74, 6) is 1.03. The molecule has 0 saturated heterocycles. The fraction of sp³-hybridized carbons (Fsp3) is 0.286. The molecule has 0 atom stereocenters. The Morgan fingerprint density at radius 3 is 2.78 bits per heavy atom. The lowest BCUT2D eigenvalue weighted by Crippen LogP contribution is -2.08. The molecule has 0 fully saturated rings. The van der Waals surface area contributed by atoms with Crippen LogP contribution in [0, 0.1) is 11.3 Å². The van der Waals surface area contributed by atoms with E-state index < -0.39 is 0 Å². The van der Waals surface area contributed by atoms with Crippen LogP contribution in [-0.2, 0) is 13.1 Å². The van der Waals surface area contributed by atoms with Crippen LogP contribution < -0.4 is 5.32 Å².